The van der Waals surface area contributed by atoms with Gasteiger partial charge in [0.25, 0.3) is 11.5 Å². The fourth-order valence-electron chi connectivity index (χ4n) is 5.15. The molecule has 0 unspecified atom stereocenters. The number of hydrogen-bond acceptors (Lipinski definition) is 6. The topological polar surface area (TPSA) is 81.9 Å². The highest BCUT2D eigenvalue weighted by atomic mass is 127. The summed E-state index contributed by atoms with van der Waals surface area (Å²) in [5.41, 5.74) is 3.89. The van der Waals surface area contributed by atoms with Gasteiger partial charge in [-0.2, -0.15) is 0 Å². The van der Waals surface area contributed by atoms with Crippen LogP contribution in [0.15, 0.2) is 112 Å². The van der Waals surface area contributed by atoms with E-state index in [4.69, 9.17) is 26.1 Å². The molecule has 1 N–H and O–H groups in total. The van der Waals surface area contributed by atoms with Crippen LogP contribution in [0.25, 0.3) is 6.08 Å². The first kappa shape index (κ1) is 32.5. The van der Waals surface area contributed by atoms with Crippen LogP contribution < -0.4 is 29.7 Å². The Hall–Kier alpha value is -3.46. The van der Waals surface area contributed by atoms with Crippen LogP contribution in [0.4, 0.5) is 5.69 Å². The molecule has 7 nitrogen and oxygen atoms in total. The van der Waals surface area contributed by atoms with E-state index in [2.05, 4.69) is 50.5 Å². The van der Waals surface area contributed by atoms with Gasteiger partial charge in [-0.05, 0) is 112 Å². The van der Waals surface area contributed by atoms with Gasteiger partial charge in [0.05, 0.1) is 36.1 Å². The van der Waals surface area contributed by atoms with Crippen molar-refractivity contribution in [1.29, 1.82) is 0 Å². The number of carbonyl (C=O) groups excluding carboxylic acids is 1. The van der Waals surface area contributed by atoms with Crippen LogP contribution in [0.2, 0.25) is 5.02 Å². The second-order valence-electron chi connectivity index (χ2n) is 10.4. The first-order valence-corrected chi connectivity index (χ1v) is 17.5. The van der Waals surface area contributed by atoms with Gasteiger partial charge in [-0.1, -0.05) is 71.5 Å². The minimum Gasteiger partial charge on any atom is -0.497 e. The van der Waals surface area contributed by atoms with Gasteiger partial charge in [-0.15, -0.1) is 0 Å². The van der Waals surface area contributed by atoms with Crippen LogP contribution in [-0.4, -0.2) is 17.6 Å². The average Bonchev–Trinajstić information content (AvgIpc) is 3.34. The number of aromatic nitrogens is 1. The molecular formula is C35H26ClI2N3O4S. The van der Waals surface area contributed by atoms with E-state index in [1.807, 2.05) is 97.1 Å². The maximum absolute atomic E-state index is 14.1. The van der Waals surface area contributed by atoms with Crippen LogP contribution in [0.5, 0.6) is 11.5 Å². The Kier molecular flexibility index (Phi) is 9.97. The maximum Gasteiger partial charge on any atom is 0.271 e. The molecule has 11 heteroatoms. The van der Waals surface area contributed by atoms with E-state index in [1.165, 1.54) is 11.3 Å². The highest BCUT2D eigenvalue weighted by molar-refractivity contribution is 14.1. The smallest absolute Gasteiger partial charge is 0.271 e. The van der Waals surface area contributed by atoms with Gasteiger partial charge >= 0.3 is 0 Å². The summed E-state index contributed by atoms with van der Waals surface area (Å²) in [4.78, 5) is 33.2. The molecule has 1 aliphatic rings. The molecule has 0 fully saturated rings. The third-order valence-electron chi connectivity index (χ3n) is 7.38. The van der Waals surface area contributed by atoms with Gasteiger partial charge in [0.1, 0.15) is 18.1 Å². The molecule has 1 aliphatic heterocycles. The Bertz CT molecular complexity index is 2140. The number of anilines is 1. The second-order valence-corrected chi connectivity index (χ2v) is 14.1. The highest BCUT2D eigenvalue weighted by Gasteiger charge is 2.32. The number of nitrogens with one attached hydrogen (secondary N) is 1. The molecule has 46 heavy (non-hydrogen) atoms. The monoisotopic (exact) mass is 873 g/mol. The number of carbonyl (C=O) groups is 1. The standard InChI is InChI=1S/C35H26ClI2N3O4S/c1-20-30(33(42)40-24-9-4-3-5-10-24)31(22-12-14-25(44-2)15-13-22)41-34(43)29(46-35(41)39-20)18-21-16-27(37)32(28(38)17-21)45-19-23-8-6-7-11-26(23)36/h3-18,31H,19H2,1-2H3,(H,40,42)/b29-18+/t31-/m0/s1. The number of para-hydroxylation sites is 1. The molecule has 4 aromatic carbocycles. The Morgan fingerprint density at radius 2 is 1.70 bits per heavy atom. The molecule has 0 radical (unpaired) electrons. The van der Waals surface area contributed by atoms with Crippen LogP contribution >= 0.6 is 68.1 Å². The Morgan fingerprint density at radius 1 is 1.02 bits per heavy atom. The zero-order valence-electron chi connectivity index (χ0n) is 24.6. The Morgan fingerprint density at radius 3 is 2.37 bits per heavy atom. The van der Waals surface area contributed by atoms with E-state index in [0.29, 0.717) is 43.7 Å². The normalized spacial score (nSPS) is 14.5. The van der Waals surface area contributed by atoms with Crippen molar-refractivity contribution >= 4 is 85.8 Å². The zero-order chi connectivity index (χ0) is 32.4. The molecule has 5 aromatic rings. The summed E-state index contributed by atoms with van der Waals surface area (Å²) in [6, 6.07) is 27.5. The summed E-state index contributed by atoms with van der Waals surface area (Å²) in [6.07, 6.45) is 1.86. The van der Waals surface area contributed by atoms with E-state index in [-0.39, 0.29) is 11.5 Å². The molecule has 0 saturated heterocycles. The van der Waals surface area contributed by atoms with Crippen molar-refractivity contribution in [3.63, 3.8) is 0 Å². The van der Waals surface area contributed by atoms with E-state index in [1.54, 1.807) is 18.6 Å². The number of hydrogen-bond donors (Lipinski definition) is 1. The van der Waals surface area contributed by atoms with Gasteiger partial charge in [0.15, 0.2) is 4.80 Å². The Labute approximate surface area is 301 Å². The molecule has 232 valence electrons. The molecule has 1 amide bonds. The Balaban J connectivity index is 1.39. The number of amides is 1. The lowest BCUT2D eigenvalue weighted by Crippen LogP contribution is -2.40. The number of nitrogens with zero attached hydrogens (tertiary/aromatic N) is 2. The molecule has 0 aliphatic carbocycles. The minimum absolute atomic E-state index is 0.230. The summed E-state index contributed by atoms with van der Waals surface area (Å²) >= 11 is 12.1. The van der Waals surface area contributed by atoms with Gasteiger partial charge in [0, 0.05) is 16.3 Å². The number of allylic oxidation sites excluding steroid dienone is 1. The van der Waals surface area contributed by atoms with Crippen LogP contribution in [-0.2, 0) is 11.4 Å². The van der Waals surface area contributed by atoms with Crippen molar-refractivity contribution in [1.82, 2.24) is 4.57 Å². The minimum atomic E-state index is -0.686. The van der Waals surface area contributed by atoms with E-state index in [9.17, 15) is 9.59 Å². The van der Waals surface area contributed by atoms with Crippen molar-refractivity contribution in [2.75, 3.05) is 12.4 Å². The van der Waals surface area contributed by atoms with E-state index >= 15 is 0 Å². The van der Waals surface area contributed by atoms with Gasteiger partial charge in [-0.25, -0.2) is 4.99 Å². The first-order chi connectivity index (χ1) is 22.2. The number of halogens is 3. The summed E-state index contributed by atoms with van der Waals surface area (Å²) in [5.74, 6) is 1.11. The molecule has 2 heterocycles. The summed E-state index contributed by atoms with van der Waals surface area (Å²) < 4.78 is 15.5. The number of benzene rings is 4. The number of ether oxygens (including phenoxy) is 2. The number of thiazole rings is 1. The molecular weight excluding hydrogens is 848 g/mol. The van der Waals surface area contributed by atoms with Crippen LogP contribution in [0.3, 0.4) is 0 Å². The van der Waals surface area contributed by atoms with Crippen molar-refractivity contribution < 1.29 is 14.3 Å². The molecule has 0 saturated carbocycles. The summed E-state index contributed by atoms with van der Waals surface area (Å²) in [5, 5.41) is 3.64. The quantitative estimate of drug-likeness (QED) is 0.166. The maximum atomic E-state index is 14.1. The van der Waals surface area contributed by atoms with Crippen molar-refractivity contribution in [3.8, 4) is 11.5 Å². The lowest BCUT2D eigenvalue weighted by molar-refractivity contribution is -0.113. The third kappa shape index (κ3) is 6.80. The summed E-state index contributed by atoms with van der Waals surface area (Å²) in [6.45, 7) is 2.15. The number of methoxy groups -OCH3 is 1. The van der Waals surface area contributed by atoms with E-state index in [0.717, 1.165) is 29.6 Å². The number of fused-ring (bicyclic) bond motifs is 1. The lowest BCUT2D eigenvalue weighted by Gasteiger charge is -2.25. The van der Waals surface area contributed by atoms with Gasteiger partial charge in [0.2, 0.25) is 0 Å². The van der Waals surface area contributed by atoms with Crippen LogP contribution in [0.1, 0.15) is 29.7 Å². The average molecular weight is 874 g/mol. The SMILES string of the molecule is COc1ccc([C@H]2C(C(=O)Nc3ccccc3)=C(C)N=c3s/c(=C/c4cc(I)c(OCc5ccccc5Cl)c(I)c4)c(=O)n32)cc1. The number of rotatable bonds is 8. The zero-order valence-corrected chi connectivity index (χ0v) is 30.5. The van der Waals surface area contributed by atoms with Crippen LogP contribution in [0, 0.1) is 7.14 Å². The largest absolute Gasteiger partial charge is 0.497 e. The first-order valence-electron chi connectivity index (χ1n) is 14.1. The van der Waals surface area contributed by atoms with Gasteiger partial charge in [-0.3, -0.25) is 14.2 Å². The molecule has 0 bridgehead atoms. The second kappa shape index (κ2) is 14.1. The van der Waals surface area contributed by atoms with Crippen molar-refractivity contribution in [2.45, 2.75) is 19.6 Å². The molecule has 0 spiro atoms. The predicted molar refractivity (Wildman–Crippen MR) is 199 cm³/mol. The predicted octanol–water partition coefficient (Wildman–Crippen LogP) is 7.32. The fourth-order valence-corrected chi connectivity index (χ4v) is 8.52. The van der Waals surface area contributed by atoms with Crippen molar-refractivity contribution in [2.24, 2.45) is 4.99 Å². The van der Waals surface area contributed by atoms with Gasteiger partial charge < -0.3 is 14.8 Å². The summed E-state index contributed by atoms with van der Waals surface area (Å²) in [7, 11) is 1.60. The third-order valence-corrected chi connectivity index (χ3v) is 10.3. The highest BCUT2D eigenvalue weighted by Crippen LogP contribution is 2.33. The molecule has 1 aromatic heterocycles. The fraction of sp³-hybridized carbons (Fsp3) is 0.114. The molecule has 1 atom stereocenters. The van der Waals surface area contributed by atoms with E-state index < -0.39 is 6.04 Å². The lowest BCUT2D eigenvalue weighted by atomic mass is 9.95. The van der Waals surface area contributed by atoms with Crippen molar-refractivity contribution in [3.05, 3.63) is 151 Å². The molecule has 6 rings (SSSR count).